The number of nitriles is 1. The molecule has 0 atom stereocenters. The number of amides is 2. The Morgan fingerprint density at radius 1 is 1.03 bits per heavy atom. The summed E-state index contributed by atoms with van der Waals surface area (Å²) in [5.74, 6) is -1.06. The zero-order valence-electron chi connectivity index (χ0n) is 19.6. The van der Waals surface area contributed by atoms with E-state index in [1.165, 1.54) is 79.7 Å². The molecule has 0 aliphatic rings. The minimum Gasteiger partial charge on any atom is -0.379 e. The van der Waals surface area contributed by atoms with E-state index in [9.17, 15) is 33.4 Å². The van der Waals surface area contributed by atoms with Crippen molar-refractivity contribution < 1.29 is 27.1 Å². The second-order valence-electron chi connectivity index (χ2n) is 7.69. The van der Waals surface area contributed by atoms with Crippen LogP contribution in [0.25, 0.3) is 6.08 Å². The number of rotatable bonds is 8. The summed E-state index contributed by atoms with van der Waals surface area (Å²) in [4.78, 5) is 33.9. The first-order valence-electron chi connectivity index (χ1n) is 10.6. The van der Waals surface area contributed by atoms with Crippen LogP contribution in [0.3, 0.4) is 0 Å². The third-order valence-corrected chi connectivity index (χ3v) is 6.17. The molecule has 0 unspecified atom stereocenters. The molecular weight excluding hydrogens is 500 g/mol. The summed E-state index contributed by atoms with van der Waals surface area (Å²) in [7, 11) is -4.15. The standard InChI is InChI=1S/C25H20N4O7S/c1-16-3-8-21(29(32)33)14-24(16)28-25(31)19(15-26)13-18-4-9-22(10-5-18)36-37(34,35)23-11-6-20(7-12-23)27-17(2)30/h3-14H,1-2H3,(H,27,30)(H,28,31)/b19-13+. The predicted octanol–water partition coefficient (Wildman–Crippen LogP) is 4.18. The van der Waals surface area contributed by atoms with Crippen molar-refractivity contribution in [1.82, 2.24) is 0 Å². The quantitative estimate of drug-likeness (QED) is 0.147. The Kier molecular flexibility index (Phi) is 8.01. The lowest BCUT2D eigenvalue weighted by Gasteiger charge is -2.09. The van der Waals surface area contributed by atoms with Gasteiger partial charge in [0, 0.05) is 24.7 Å². The maximum Gasteiger partial charge on any atom is 0.339 e. The van der Waals surface area contributed by atoms with Gasteiger partial charge in [-0.1, -0.05) is 18.2 Å². The summed E-state index contributed by atoms with van der Waals surface area (Å²) < 4.78 is 30.2. The van der Waals surface area contributed by atoms with Gasteiger partial charge in [-0.05, 0) is 60.5 Å². The molecule has 12 heteroatoms. The van der Waals surface area contributed by atoms with Gasteiger partial charge in [0.1, 0.15) is 22.3 Å². The summed E-state index contributed by atoms with van der Waals surface area (Å²) in [5, 5.41) is 25.4. The number of carbonyl (C=O) groups excluding carboxylic acids is 2. The maximum absolute atomic E-state index is 12.6. The highest BCUT2D eigenvalue weighted by Crippen LogP contribution is 2.24. The Morgan fingerprint density at radius 2 is 1.68 bits per heavy atom. The molecule has 188 valence electrons. The van der Waals surface area contributed by atoms with Crippen LogP contribution in [0.4, 0.5) is 17.1 Å². The van der Waals surface area contributed by atoms with E-state index < -0.39 is 20.9 Å². The third-order valence-electron chi connectivity index (χ3n) is 4.91. The molecule has 3 rings (SSSR count). The topological polar surface area (TPSA) is 168 Å². The fourth-order valence-corrected chi connectivity index (χ4v) is 4.00. The van der Waals surface area contributed by atoms with Crippen LogP contribution in [0, 0.1) is 28.4 Å². The van der Waals surface area contributed by atoms with E-state index in [0.29, 0.717) is 16.8 Å². The summed E-state index contributed by atoms with van der Waals surface area (Å²) in [6, 6.07) is 16.8. The van der Waals surface area contributed by atoms with E-state index >= 15 is 0 Å². The second kappa shape index (κ2) is 11.1. The van der Waals surface area contributed by atoms with Gasteiger partial charge in [-0.15, -0.1) is 0 Å². The molecule has 0 bridgehead atoms. The van der Waals surface area contributed by atoms with Gasteiger partial charge in [0.15, 0.2) is 0 Å². The second-order valence-corrected chi connectivity index (χ2v) is 9.24. The Hall–Kier alpha value is -5.02. The monoisotopic (exact) mass is 520 g/mol. The SMILES string of the molecule is CC(=O)Nc1ccc(S(=O)(=O)Oc2ccc(/C=C(\C#N)C(=O)Nc3cc([N+](=O)[O-])ccc3C)cc2)cc1. The fourth-order valence-electron chi connectivity index (χ4n) is 3.07. The molecule has 0 spiro atoms. The lowest BCUT2D eigenvalue weighted by atomic mass is 10.1. The smallest absolute Gasteiger partial charge is 0.339 e. The summed E-state index contributed by atoms with van der Waals surface area (Å²) in [6.07, 6.45) is 1.28. The number of nitro groups is 1. The molecule has 3 aromatic rings. The lowest BCUT2D eigenvalue weighted by Crippen LogP contribution is -2.14. The van der Waals surface area contributed by atoms with Crippen LogP contribution >= 0.6 is 0 Å². The van der Waals surface area contributed by atoms with Crippen molar-refractivity contribution in [1.29, 1.82) is 5.26 Å². The Bertz CT molecular complexity index is 1540. The molecule has 3 aromatic carbocycles. The van der Waals surface area contributed by atoms with Gasteiger partial charge < -0.3 is 14.8 Å². The number of carbonyl (C=O) groups is 2. The molecule has 0 heterocycles. The third kappa shape index (κ3) is 7.00. The van der Waals surface area contributed by atoms with E-state index in [2.05, 4.69) is 10.6 Å². The van der Waals surface area contributed by atoms with Crippen LogP contribution < -0.4 is 14.8 Å². The van der Waals surface area contributed by atoms with E-state index in [1.54, 1.807) is 13.0 Å². The predicted molar refractivity (Wildman–Crippen MR) is 135 cm³/mol. The molecule has 0 saturated carbocycles. The van der Waals surface area contributed by atoms with Gasteiger partial charge in [-0.3, -0.25) is 19.7 Å². The molecule has 0 aromatic heterocycles. The van der Waals surface area contributed by atoms with Gasteiger partial charge in [0.2, 0.25) is 5.91 Å². The zero-order valence-corrected chi connectivity index (χ0v) is 20.4. The average Bonchev–Trinajstić information content (AvgIpc) is 2.84. The molecule has 0 aliphatic carbocycles. The Morgan fingerprint density at radius 3 is 2.24 bits per heavy atom. The van der Waals surface area contributed by atoms with E-state index in [1.807, 2.05) is 0 Å². The van der Waals surface area contributed by atoms with Gasteiger partial charge in [0.25, 0.3) is 11.6 Å². The van der Waals surface area contributed by atoms with Crippen LogP contribution in [-0.2, 0) is 19.7 Å². The van der Waals surface area contributed by atoms with Crippen LogP contribution in [0.5, 0.6) is 5.75 Å². The number of nitrogens with one attached hydrogen (secondary N) is 2. The van der Waals surface area contributed by atoms with Gasteiger partial charge >= 0.3 is 10.1 Å². The number of benzene rings is 3. The largest absolute Gasteiger partial charge is 0.379 e. The highest BCUT2D eigenvalue weighted by Gasteiger charge is 2.17. The zero-order chi connectivity index (χ0) is 27.2. The summed E-state index contributed by atoms with van der Waals surface area (Å²) in [6.45, 7) is 2.98. The Labute approximate surface area is 212 Å². The average molecular weight is 521 g/mol. The number of nitrogens with zero attached hydrogens (tertiary/aromatic N) is 2. The van der Waals surface area contributed by atoms with Crippen LogP contribution in [0.1, 0.15) is 18.1 Å². The van der Waals surface area contributed by atoms with Gasteiger partial charge in [-0.25, -0.2) is 0 Å². The van der Waals surface area contributed by atoms with Crippen LogP contribution in [0.2, 0.25) is 0 Å². The fraction of sp³-hybridized carbons (Fsp3) is 0.0800. The number of non-ortho nitro benzene ring substituents is 1. The number of hydrogen-bond donors (Lipinski definition) is 2. The molecule has 11 nitrogen and oxygen atoms in total. The molecular formula is C25H20N4O7S. The van der Waals surface area contributed by atoms with E-state index in [0.717, 1.165) is 0 Å². The normalized spacial score (nSPS) is 11.2. The van der Waals surface area contributed by atoms with Crippen molar-refractivity contribution in [3.05, 3.63) is 93.5 Å². The number of aryl methyl sites for hydroxylation is 1. The highest BCUT2D eigenvalue weighted by molar-refractivity contribution is 7.87. The first-order chi connectivity index (χ1) is 17.5. The van der Waals surface area contributed by atoms with Gasteiger partial charge in [-0.2, -0.15) is 13.7 Å². The molecule has 37 heavy (non-hydrogen) atoms. The van der Waals surface area contributed by atoms with Crippen molar-refractivity contribution in [2.75, 3.05) is 10.6 Å². The van der Waals surface area contributed by atoms with Crippen molar-refractivity contribution in [3.63, 3.8) is 0 Å². The van der Waals surface area contributed by atoms with Crippen molar-refractivity contribution in [3.8, 4) is 11.8 Å². The molecule has 0 fully saturated rings. The molecule has 0 aliphatic heterocycles. The molecule has 2 amide bonds. The molecule has 2 N–H and O–H groups in total. The summed E-state index contributed by atoms with van der Waals surface area (Å²) >= 11 is 0. The maximum atomic E-state index is 12.6. The first-order valence-corrected chi connectivity index (χ1v) is 12.0. The molecule has 0 radical (unpaired) electrons. The molecule has 0 saturated heterocycles. The van der Waals surface area contributed by atoms with Crippen molar-refractivity contribution in [2.24, 2.45) is 0 Å². The number of hydrogen-bond acceptors (Lipinski definition) is 8. The highest BCUT2D eigenvalue weighted by atomic mass is 32.2. The minimum atomic E-state index is -4.15. The van der Waals surface area contributed by atoms with E-state index in [-0.39, 0.29) is 33.5 Å². The number of nitro benzene ring substituents is 1. The lowest BCUT2D eigenvalue weighted by molar-refractivity contribution is -0.384. The van der Waals surface area contributed by atoms with Crippen LogP contribution in [-0.4, -0.2) is 25.2 Å². The van der Waals surface area contributed by atoms with Crippen molar-refractivity contribution in [2.45, 2.75) is 18.7 Å². The minimum absolute atomic E-state index is 0.00161. The van der Waals surface area contributed by atoms with Gasteiger partial charge in [0.05, 0.1) is 10.6 Å². The first kappa shape index (κ1) is 26.6. The van der Waals surface area contributed by atoms with Crippen molar-refractivity contribution >= 4 is 45.1 Å². The number of anilines is 2. The summed E-state index contributed by atoms with van der Waals surface area (Å²) in [5.41, 5.74) is 1.12. The Balaban J connectivity index is 1.73. The van der Waals surface area contributed by atoms with E-state index in [4.69, 9.17) is 4.18 Å². The van der Waals surface area contributed by atoms with Crippen LogP contribution in [0.15, 0.2) is 77.2 Å².